The molecular formula is C15H25NO. The van der Waals surface area contributed by atoms with Gasteiger partial charge in [0, 0.05) is 6.54 Å². The monoisotopic (exact) mass is 235 g/mol. The number of hydrogen-bond acceptors (Lipinski definition) is 2. The average Bonchev–Trinajstić information content (AvgIpc) is 2.35. The van der Waals surface area contributed by atoms with Crippen LogP contribution < -0.4 is 5.73 Å². The van der Waals surface area contributed by atoms with E-state index in [2.05, 4.69) is 39.0 Å². The van der Waals surface area contributed by atoms with Crippen LogP contribution >= 0.6 is 0 Å². The number of nitrogens with two attached hydrogens (primary N) is 1. The van der Waals surface area contributed by atoms with E-state index in [1.807, 2.05) is 0 Å². The molecule has 2 nitrogen and oxygen atoms in total. The van der Waals surface area contributed by atoms with E-state index < -0.39 is 0 Å². The van der Waals surface area contributed by atoms with Crippen LogP contribution in [0.1, 0.15) is 49.8 Å². The van der Waals surface area contributed by atoms with Crippen molar-refractivity contribution in [2.45, 2.75) is 52.1 Å². The summed E-state index contributed by atoms with van der Waals surface area (Å²) < 4.78 is 0. The van der Waals surface area contributed by atoms with Gasteiger partial charge in [0.25, 0.3) is 0 Å². The molecule has 1 rings (SSSR count). The average molecular weight is 235 g/mol. The molecule has 1 aromatic rings. The van der Waals surface area contributed by atoms with Gasteiger partial charge < -0.3 is 10.8 Å². The molecule has 0 amide bonds. The highest BCUT2D eigenvalue weighted by molar-refractivity contribution is 5.32. The van der Waals surface area contributed by atoms with E-state index >= 15 is 0 Å². The number of hydrogen-bond donors (Lipinski definition) is 2. The Labute approximate surface area is 105 Å². The van der Waals surface area contributed by atoms with Crippen LogP contribution in [0.4, 0.5) is 0 Å². The van der Waals surface area contributed by atoms with Crippen LogP contribution in [0.15, 0.2) is 18.2 Å². The molecule has 0 bridgehead atoms. The van der Waals surface area contributed by atoms with E-state index in [0.717, 1.165) is 19.3 Å². The lowest BCUT2D eigenvalue weighted by Gasteiger charge is -2.13. The molecule has 0 spiro atoms. The maximum atomic E-state index is 9.50. The standard InChI is InChI=1S/C15H25NO/c1-4-12-7-13(5-6-15(17)10-16)9-14(8-12)11(2)3/h7-9,11,15,17H,4-6,10,16H2,1-3H3/t15-/m1/s1. The predicted molar refractivity (Wildman–Crippen MR) is 73.3 cm³/mol. The Bertz CT molecular complexity index is 347. The van der Waals surface area contributed by atoms with Gasteiger partial charge in [0.15, 0.2) is 0 Å². The highest BCUT2D eigenvalue weighted by Gasteiger charge is 2.06. The Morgan fingerprint density at radius 1 is 1.18 bits per heavy atom. The molecule has 0 aliphatic heterocycles. The Morgan fingerprint density at radius 3 is 2.35 bits per heavy atom. The van der Waals surface area contributed by atoms with Gasteiger partial charge in [-0.25, -0.2) is 0 Å². The van der Waals surface area contributed by atoms with Gasteiger partial charge in [-0.3, -0.25) is 0 Å². The van der Waals surface area contributed by atoms with E-state index in [1.165, 1.54) is 16.7 Å². The molecule has 0 unspecified atom stereocenters. The van der Waals surface area contributed by atoms with Gasteiger partial charge in [0.05, 0.1) is 6.10 Å². The first-order valence-corrected chi connectivity index (χ1v) is 6.57. The Kier molecular flexibility index (Phi) is 5.66. The number of benzene rings is 1. The molecule has 0 aromatic heterocycles. The zero-order valence-electron chi connectivity index (χ0n) is 11.2. The molecule has 0 heterocycles. The first-order chi connectivity index (χ1) is 8.06. The zero-order valence-corrected chi connectivity index (χ0v) is 11.2. The van der Waals surface area contributed by atoms with Crippen molar-refractivity contribution in [2.24, 2.45) is 5.73 Å². The van der Waals surface area contributed by atoms with Crippen molar-refractivity contribution < 1.29 is 5.11 Å². The Morgan fingerprint density at radius 2 is 1.82 bits per heavy atom. The summed E-state index contributed by atoms with van der Waals surface area (Å²) in [4.78, 5) is 0. The first-order valence-electron chi connectivity index (χ1n) is 6.57. The van der Waals surface area contributed by atoms with Crippen molar-refractivity contribution in [2.75, 3.05) is 6.54 Å². The summed E-state index contributed by atoms with van der Waals surface area (Å²) in [7, 11) is 0. The highest BCUT2D eigenvalue weighted by atomic mass is 16.3. The maximum absolute atomic E-state index is 9.50. The van der Waals surface area contributed by atoms with Gasteiger partial charge in [-0.05, 0) is 41.9 Å². The van der Waals surface area contributed by atoms with Crippen molar-refractivity contribution in [1.29, 1.82) is 0 Å². The summed E-state index contributed by atoms with van der Waals surface area (Å²) in [6, 6.07) is 6.79. The van der Waals surface area contributed by atoms with Crippen molar-refractivity contribution in [1.82, 2.24) is 0 Å². The lowest BCUT2D eigenvalue weighted by atomic mass is 9.94. The predicted octanol–water partition coefficient (Wildman–Crippen LogP) is 2.62. The van der Waals surface area contributed by atoms with Crippen LogP contribution in [-0.4, -0.2) is 17.8 Å². The van der Waals surface area contributed by atoms with E-state index in [1.54, 1.807) is 0 Å². The Hall–Kier alpha value is -0.860. The van der Waals surface area contributed by atoms with Crippen LogP contribution in [0.2, 0.25) is 0 Å². The molecule has 1 atom stereocenters. The van der Waals surface area contributed by atoms with Gasteiger partial charge in [-0.15, -0.1) is 0 Å². The lowest BCUT2D eigenvalue weighted by Crippen LogP contribution is -2.20. The molecule has 1 aromatic carbocycles. The summed E-state index contributed by atoms with van der Waals surface area (Å²) in [5, 5.41) is 9.50. The summed E-state index contributed by atoms with van der Waals surface area (Å²) in [6.45, 7) is 6.96. The lowest BCUT2D eigenvalue weighted by molar-refractivity contribution is 0.173. The summed E-state index contributed by atoms with van der Waals surface area (Å²) in [6.07, 6.45) is 2.35. The second kappa shape index (κ2) is 6.77. The topological polar surface area (TPSA) is 46.2 Å². The fraction of sp³-hybridized carbons (Fsp3) is 0.600. The molecule has 0 saturated carbocycles. The van der Waals surface area contributed by atoms with Gasteiger partial charge in [-0.1, -0.05) is 39.0 Å². The zero-order chi connectivity index (χ0) is 12.8. The maximum Gasteiger partial charge on any atom is 0.0665 e. The highest BCUT2D eigenvalue weighted by Crippen LogP contribution is 2.20. The third-order valence-corrected chi connectivity index (χ3v) is 3.19. The van der Waals surface area contributed by atoms with Crippen molar-refractivity contribution in [3.63, 3.8) is 0 Å². The molecule has 0 aliphatic carbocycles. The van der Waals surface area contributed by atoms with Crippen molar-refractivity contribution in [3.05, 3.63) is 34.9 Å². The van der Waals surface area contributed by atoms with Crippen LogP contribution in [-0.2, 0) is 12.8 Å². The molecule has 3 N–H and O–H groups in total. The molecule has 96 valence electrons. The van der Waals surface area contributed by atoms with Crippen LogP contribution in [0.25, 0.3) is 0 Å². The minimum atomic E-state index is -0.372. The minimum absolute atomic E-state index is 0.352. The van der Waals surface area contributed by atoms with Crippen molar-refractivity contribution in [3.8, 4) is 0 Å². The molecule has 0 radical (unpaired) electrons. The van der Waals surface area contributed by atoms with Gasteiger partial charge >= 0.3 is 0 Å². The van der Waals surface area contributed by atoms with Gasteiger partial charge in [-0.2, -0.15) is 0 Å². The quantitative estimate of drug-likeness (QED) is 0.796. The fourth-order valence-electron chi connectivity index (χ4n) is 1.92. The molecule has 0 aliphatic rings. The normalized spacial score (nSPS) is 13.1. The molecule has 2 heteroatoms. The van der Waals surface area contributed by atoms with Gasteiger partial charge in [0.1, 0.15) is 0 Å². The summed E-state index contributed by atoms with van der Waals surface area (Å²) in [5.41, 5.74) is 9.51. The summed E-state index contributed by atoms with van der Waals surface area (Å²) in [5.74, 6) is 0.555. The second-order valence-corrected chi connectivity index (χ2v) is 5.02. The number of aryl methyl sites for hydroxylation is 2. The summed E-state index contributed by atoms with van der Waals surface area (Å²) >= 11 is 0. The van der Waals surface area contributed by atoms with Crippen LogP contribution in [0.5, 0.6) is 0 Å². The second-order valence-electron chi connectivity index (χ2n) is 5.02. The third kappa shape index (κ3) is 4.49. The van der Waals surface area contributed by atoms with Gasteiger partial charge in [0.2, 0.25) is 0 Å². The molecular weight excluding hydrogens is 210 g/mol. The van der Waals surface area contributed by atoms with E-state index in [0.29, 0.717) is 12.5 Å². The van der Waals surface area contributed by atoms with E-state index in [9.17, 15) is 5.11 Å². The van der Waals surface area contributed by atoms with E-state index in [4.69, 9.17) is 5.73 Å². The fourth-order valence-corrected chi connectivity index (χ4v) is 1.92. The van der Waals surface area contributed by atoms with Crippen LogP contribution in [0.3, 0.4) is 0 Å². The number of rotatable bonds is 6. The first kappa shape index (κ1) is 14.2. The van der Waals surface area contributed by atoms with E-state index in [-0.39, 0.29) is 6.10 Å². The van der Waals surface area contributed by atoms with Crippen LogP contribution in [0, 0.1) is 0 Å². The minimum Gasteiger partial charge on any atom is -0.392 e. The molecule has 0 fully saturated rings. The SMILES string of the molecule is CCc1cc(CC[C@@H](O)CN)cc(C(C)C)c1. The molecule has 0 saturated heterocycles. The number of aliphatic hydroxyl groups is 1. The molecule has 17 heavy (non-hydrogen) atoms. The number of aliphatic hydroxyl groups excluding tert-OH is 1. The third-order valence-electron chi connectivity index (χ3n) is 3.19. The van der Waals surface area contributed by atoms with Crippen molar-refractivity contribution >= 4 is 0 Å². The smallest absolute Gasteiger partial charge is 0.0665 e. The Balaban J connectivity index is 2.80. The largest absolute Gasteiger partial charge is 0.392 e.